The molecule has 2 aromatic heterocycles. The Kier molecular flexibility index (Phi) is 6.23. The maximum absolute atomic E-state index is 13.9. The summed E-state index contributed by atoms with van der Waals surface area (Å²) in [5, 5.41) is 0.671. The number of methoxy groups -OCH3 is 1. The van der Waals surface area contributed by atoms with E-state index >= 15 is 0 Å². The van der Waals surface area contributed by atoms with E-state index in [4.69, 9.17) is 14.5 Å². The molecule has 3 heterocycles. The predicted molar refractivity (Wildman–Crippen MR) is 124 cm³/mol. The van der Waals surface area contributed by atoms with Gasteiger partial charge in [0.1, 0.15) is 10.1 Å². The topological polar surface area (TPSA) is 70.4 Å². The maximum atomic E-state index is 13.9. The molecular formula is C23H26N2O4S2. The lowest BCUT2D eigenvalue weighted by molar-refractivity contribution is -0.139. The Morgan fingerprint density at radius 2 is 2.06 bits per heavy atom. The fourth-order valence-electron chi connectivity index (χ4n) is 3.81. The third-order valence-corrected chi connectivity index (χ3v) is 7.76. The molecule has 0 bridgehead atoms. The van der Waals surface area contributed by atoms with Crippen molar-refractivity contribution in [2.75, 3.05) is 7.11 Å². The number of thioether (sulfide) groups is 1. The van der Waals surface area contributed by atoms with Crippen LogP contribution >= 0.6 is 23.1 Å². The first-order chi connectivity index (χ1) is 14.8. The van der Waals surface area contributed by atoms with Crippen LogP contribution in [0.5, 0.6) is 0 Å². The molecule has 2 unspecified atom stereocenters. The lowest BCUT2D eigenvalue weighted by Gasteiger charge is -2.26. The molecule has 1 aromatic carbocycles. The molecule has 0 radical (unpaired) electrons. The normalized spacial score (nSPS) is 17.0. The molecule has 1 aliphatic rings. The van der Waals surface area contributed by atoms with Gasteiger partial charge in [-0.1, -0.05) is 43.8 Å². The van der Waals surface area contributed by atoms with E-state index in [1.807, 2.05) is 31.2 Å². The van der Waals surface area contributed by atoms with Crippen molar-refractivity contribution in [3.05, 3.63) is 50.6 Å². The van der Waals surface area contributed by atoms with Gasteiger partial charge in [0, 0.05) is 11.3 Å². The van der Waals surface area contributed by atoms with Crippen LogP contribution in [-0.4, -0.2) is 34.0 Å². The van der Waals surface area contributed by atoms with Gasteiger partial charge < -0.3 is 9.47 Å². The number of aromatic nitrogens is 2. The Bertz CT molecular complexity index is 1200. The second-order valence-electron chi connectivity index (χ2n) is 8.09. The lowest BCUT2D eigenvalue weighted by Crippen LogP contribution is -2.28. The van der Waals surface area contributed by atoms with E-state index in [2.05, 4.69) is 13.8 Å². The highest BCUT2D eigenvalue weighted by atomic mass is 32.2. The van der Waals surface area contributed by atoms with Crippen LogP contribution < -0.4 is 5.56 Å². The van der Waals surface area contributed by atoms with Crippen molar-refractivity contribution in [1.29, 1.82) is 0 Å². The number of carbonyl (C=O) groups is 1. The molecule has 4 rings (SSSR count). The largest absolute Gasteiger partial charge is 0.468 e. The van der Waals surface area contributed by atoms with E-state index in [1.165, 1.54) is 30.2 Å². The molecule has 31 heavy (non-hydrogen) atoms. The molecule has 0 saturated heterocycles. The van der Waals surface area contributed by atoms with Gasteiger partial charge in [0.25, 0.3) is 5.56 Å². The summed E-state index contributed by atoms with van der Waals surface area (Å²) < 4.78 is 12.5. The van der Waals surface area contributed by atoms with Crippen LogP contribution in [0.15, 0.2) is 34.2 Å². The fourth-order valence-corrected chi connectivity index (χ4v) is 5.92. The lowest BCUT2D eigenvalue weighted by atomic mass is 9.96. The van der Waals surface area contributed by atoms with Gasteiger partial charge >= 0.3 is 5.97 Å². The Hall–Kier alpha value is -2.16. The Morgan fingerprint density at radius 1 is 1.32 bits per heavy atom. The highest BCUT2D eigenvalue weighted by Gasteiger charge is 2.29. The van der Waals surface area contributed by atoms with Crippen molar-refractivity contribution in [2.24, 2.45) is 5.92 Å². The third-order valence-electron chi connectivity index (χ3n) is 5.63. The number of carbonyl (C=O) groups excluding carboxylic acids is 1. The number of rotatable bonds is 5. The quantitative estimate of drug-likeness (QED) is 0.318. The summed E-state index contributed by atoms with van der Waals surface area (Å²) in [6.07, 6.45) is 0.799. The van der Waals surface area contributed by atoms with Crippen molar-refractivity contribution >= 4 is 39.3 Å². The number of nitrogens with zero attached hydrogens (tertiary/aromatic N) is 2. The van der Waals surface area contributed by atoms with Gasteiger partial charge in [0.05, 0.1) is 30.9 Å². The molecule has 2 atom stereocenters. The van der Waals surface area contributed by atoms with Gasteiger partial charge in [0.15, 0.2) is 5.16 Å². The van der Waals surface area contributed by atoms with Crippen LogP contribution in [0.2, 0.25) is 0 Å². The van der Waals surface area contributed by atoms with Crippen LogP contribution in [0.1, 0.15) is 36.8 Å². The summed E-state index contributed by atoms with van der Waals surface area (Å²) >= 11 is 2.75. The molecule has 0 aliphatic carbocycles. The van der Waals surface area contributed by atoms with Gasteiger partial charge in [-0.15, -0.1) is 11.3 Å². The summed E-state index contributed by atoms with van der Waals surface area (Å²) in [6, 6.07) is 7.73. The molecule has 1 aliphatic heterocycles. The second kappa shape index (κ2) is 8.76. The second-order valence-corrected chi connectivity index (χ2v) is 10.5. The summed E-state index contributed by atoms with van der Waals surface area (Å²) in [6.45, 7) is 8.50. The van der Waals surface area contributed by atoms with Gasteiger partial charge in [-0.3, -0.25) is 14.2 Å². The molecule has 0 fully saturated rings. The molecule has 0 N–H and O–H groups in total. The molecule has 0 amide bonds. The van der Waals surface area contributed by atoms with E-state index < -0.39 is 5.25 Å². The highest BCUT2D eigenvalue weighted by molar-refractivity contribution is 8.00. The number of ether oxygens (including phenoxy) is 2. The van der Waals surface area contributed by atoms with Gasteiger partial charge in [0.2, 0.25) is 0 Å². The number of hydrogen-bond donors (Lipinski definition) is 0. The van der Waals surface area contributed by atoms with Gasteiger partial charge in [-0.2, -0.15) is 0 Å². The zero-order chi connectivity index (χ0) is 22.3. The molecule has 164 valence electrons. The smallest absolute Gasteiger partial charge is 0.318 e. The number of aryl methyl sites for hydroxylation is 1. The van der Waals surface area contributed by atoms with Crippen molar-refractivity contribution in [3.8, 4) is 5.69 Å². The monoisotopic (exact) mass is 458 g/mol. The summed E-state index contributed by atoms with van der Waals surface area (Å²) in [5.74, 6) is 0.0136. The summed E-state index contributed by atoms with van der Waals surface area (Å²) in [5.41, 5.74) is 2.70. The Labute approximate surface area is 189 Å². The fraction of sp³-hybridized carbons (Fsp3) is 0.435. The van der Waals surface area contributed by atoms with Crippen LogP contribution in [0.25, 0.3) is 15.9 Å². The molecule has 0 spiro atoms. The van der Waals surface area contributed by atoms with Crippen LogP contribution in [0.3, 0.4) is 0 Å². The number of esters is 1. The minimum atomic E-state index is -0.493. The summed E-state index contributed by atoms with van der Waals surface area (Å²) in [7, 11) is 1.36. The van der Waals surface area contributed by atoms with Crippen molar-refractivity contribution in [2.45, 2.75) is 57.2 Å². The Balaban J connectivity index is 1.95. The third kappa shape index (κ3) is 4.04. The predicted octanol–water partition coefficient (Wildman–Crippen LogP) is 4.51. The molecule has 8 heteroatoms. The van der Waals surface area contributed by atoms with E-state index in [1.54, 1.807) is 11.5 Å². The average Bonchev–Trinajstić information content (AvgIpc) is 3.11. The van der Waals surface area contributed by atoms with Crippen LogP contribution in [0, 0.1) is 12.8 Å². The van der Waals surface area contributed by atoms with Gasteiger partial charge in [-0.05, 0) is 37.0 Å². The van der Waals surface area contributed by atoms with E-state index in [0.717, 1.165) is 21.7 Å². The van der Waals surface area contributed by atoms with Gasteiger partial charge in [-0.25, -0.2) is 4.98 Å². The van der Waals surface area contributed by atoms with Crippen LogP contribution in [0.4, 0.5) is 0 Å². The van der Waals surface area contributed by atoms with Crippen molar-refractivity contribution in [3.63, 3.8) is 0 Å². The number of para-hydroxylation sites is 1. The minimum Gasteiger partial charge on any atom is -0.468 e. The SMILES string of the molecule is COC(=O)C(C)Sc1nc2sc3c(c2c(=O)n1-c1ccccc1C)CC(C(C)C)OC3. The molecule has 6 nitrogen and oxygen atoms in total. The maximum Gasteiger partial charge on any atom is 0.318 e. The van der Waals surface area contributed by atoms with E-state index in [0.29, 0.717) is 34.3 Å². The molecular weight excluding hydrogens is 432 g/mol. The standard InChI is InChI=1S/C23H26N2O4S2/c1-12(2)17-10-15-18(11-29-17)31-20-19(15)21(26)25(16-9-7-6-8-13(16)3)23(24-20)30-14(4)22(27)28-5/h6-9,12,14,17H,10-11H2,1-5H3. The first-order valence-corrected chi connectivity index (χ1v) is 12.0. The van der Waals surface area contributed by atoms with Crippen molar-refractivity contribution < 1.29 is 14.3 Å². The molecule has 0 saturated carbocycles. The number of benzene rings is 1. The summed E-state index contributed by atoms with van der Waals surface area (Å²) in [4.78, 5) is 32.6. The Morgan fingerprint density at radius 3 is 2.74 bits per heavy atom. The van der Waals surface area contributed by atoms with Crippen molar-refractivity contribution in [1.82, 2.24) is 9.55 Å². The number of fused-ring (bicyclic) bond motifs is 3. The van der Waals surface area contributed by atoms with E-state index in [9.17, 15) is 9.59 Å². The number of hydrogen-bond acceptors (Lipinski definition) is 7. The highest BCUT2D eigenvalue weighted by Crippen LogP contribution is 2.37. The zero-order valence-electron chi connectivity index (χ0n) is 18.3. The van der Waals surface area contributed by atoms with Crippen LogP contribution in [-0.2, 0) is 27.3 Å². The minimum absolute atomic E-state index is 0.0880. The number of thiophene rings is 1. The first kappa shape index (κ1) is 22.0. The van der Waals surface area contributed by atoms with E-state index in [-0.39, 0.29) is 17.6 Å². The average molecular weight is 459 g/mol. The first-order valence-electron chi connectivity index (χ1n) is 10.3. The zero-order valence-corrected chi connectivity index (χ0v) is 19.9. The molecule has 3 aromatic rings.